The number of hydrogen-bond donors (Lipinski definition) is 1. The van der Waals surface area contributed by atoms with Crippen LogP contribution in [0.25, 0.3) is 0 Å². The van der Waals surface area contributed by atoms with Crippen LogP contribution in [0.3, 0.4) is 0 Å². The molecule has 0 spiro atoms. The summed E-state index contributed by atoms with van der Waals surface area (Å²) in [5, 5.41) is 8.94. The van der Waals surface area contributed by atoms with E-state index in [-0.39, 0.29) is 6.42 Å². The Labute approximate surface area is 127 Å². The van der Waals surface area contributed by atoms with E-state index in [4.69, 9.17) is 5.11 Å². The second-order valence-corrected chi connectivity index (χ2v) is 6.64. The van der Waals surface area contributed by atoms with Gasteiger partial charge in [0.25, 0.3) is 0 Å². The number of benzene rings is 2. The standard InChI is InChI=1S/C16H16O2S2/c1-2-19-13-7-9-14(10-8-13)20-15-6-4-3-5-12(15)11-16(17)18/h3-10H,2,11H2,1H3,(H,17,18). The molecule has 0 heterocycles. The Balaban J connectivity index is 2.15. The van der Waals surface area contributed by atoms with Gasteiger partial charge in [-0.3, -0.25) is 4.79 Å². The molecule has 0 amide bonds. The molecule has 1 N–H and O–H groups in total. The van der Waals surface area contributed by atoms with Crippen molar-refractivity contribution >= 4 is 29.5 Å². The molecular formula is C16H16O2S2. The second-order valence-electron chi connectivity index (χ2n) is 4.18. The highest BCUT2D eigenvalue weighted by molar-refractivity contribution is 7.99. The van der Waals surface area contributed by atoms with Gasteiger partial charge in [0.05, 0.1) is 6.42 Å². The molecule has 0 saturated carbocycles. The van der Waals surface area contributed by atoms with Crippen LogP contribution in [-0.2, 0) is 11.2 Å². The van der Waals surface area contributed by atoms with Crippen molar-refractivity contribution in [1.82, 2.24) is 0 Å². The third kappa shape index (κ3) is 4.32. The van der Waals surface area contributed by atoms with E-state index in [2.05, 4.69) is 31.2 Å². The first kappa shape index (κ1) is 15.0. The van der Waals surface area contributed by atoms with Crippen LogP contribution in [0.4, 0.5) is 0 Å². The summed E-state index contributed by atoms with van der Waals surface area (Å²) in [7, 11) is 0. The lowest BCUT2D eigenvalue weighted by Gasteiger charge is -2.08. The van der Waals surface area contributed by atoms with E-state index in [1.54, 1.807) is 11.8 Å². The van der Waals surface area contributed by atoms with Crippen molar-refractivity contribution in [2.75, 3.05) is 5.75 Å². The van der Waals surface area contributed by atoms with Crippen LogP contribution >= 0.6 is 23.5 Å². The van der Waals surface area contributed by atoms with Gasteiger partial charge in [0.2, 0.25) is 0 Å². The van der Waals surface area contributed by atoms with Gasteiger partial charge >= 0.3 is 5.97 Å². The number of carboxylic acid groups (broad SMARTS) is 1. The van der Waals surface area contributed by atoms with Crippen molar-refractivity contribution in [2.24, 2.45) is 0 Å². The van der Waals surface area contributed by atoms with Crippen molar-refractivity contribution in [3.8, 4) is 0 Å². The molecule has 0 atom stereocenters. The zero-order valence-electron chi connectivity index (χ0n) is 11.2. The highest BCUT2D eigenvalue weighted by Crippen LogP contribution is 2.32. The molecule has 2 aromatic carbocycles. The summed E-state index contributed by atoms with van der Waals surface area (Å²) in [6, 6.07) is 16.0. The SMILES string of the molecule is CCSc1ccc(Sc2ccccc2CC(=O)O)cc1. The van der Waals surface area contributed by atoms with Gasteiger partial charge in [0.1, 0.15) is 0 Å². The van der Waals surface area contributed by atoms with Gasteiger partial charge in [-0.15, -0.1) is 11.8 Å². The van der Waals surface area contributed by atoms with E-state index in [0.717, 1.165) is 21.1 Å². The number of hydrogen-bond acceptors (Lipinski definition) is 3. The lowest BCUT2D eigenvalue weighted by molar-refractivity contribution is -0.136. The van der Waals surface area contributed by atoms with Crippen molar-refractivity contribution in [1.29, 1.82) is 0 Å². The average Bonchev–Trinajstić information content (AvgIpc) is 2.43. The van der Waals surface area contributed by atoms with E-state index < -0.39 is 5.97 Å². The van der Waals surface area contributed by atoms with Gasteiger partial charge in [-0.05, 0) is 41.6 Å². The molecule has 0 unspecified atom stereocenters. The quantitative estimate of drug-likeness (QED) is 0.793. The summed E-state index contributed by atoms with van der Waals surface area (Å²) < 4.78 is 0. The van der Waals surface area contributed by atoms with Gasteiger partial charge in [0, 0.05) is 14.7 Å². The zero-order chi connectivity index (χ0) is 14.4. The number of aliphatic carboxylic acids is 1. The van der Waals surface area contributed by atoms with Crippen molar-refractivity contribution in [3.05, 3.63) is 54.1 Å². The van der Waals surface area contributed by atoms with Gasteiger partial charge in [0.15, 0.2) is 0 Å². The first-order chi connectivity index (χ1) is 9.69. The minimum atomic E-state index is -0.798. The van der Waals surface area contributed by atoms with E-state index >= 15 is 0 Å². The van der Waals surface area contributed by atoms with Crippen LogP contribution in [-0.4, -0.2) is 16.8 Å². The first-order valence-electron chi connectivity index (χ1n) is 6.39. The highest BCUT2D eigenvalue weighted by Gasteiger charge is 2.07. The summed E-state index contributed by atoms with van der Waals surface area (Å²) in [6.45, 7) is 2.13. The normalized spacial score (nSPS) is 10.4. The molecule has 0 fully saturated rings. The molecule has 2 rings (SSSR count). The van der Waals surface area contributed by atoms with Crippen LogP contribution in [0, 0.1) is 0 Å². The number of carbonyl (C=O) groups is 1. The molecule has 20 heavy (non-hydrogen) atoms. The van der Waals surface area contributed by atoms with Crippen LogP contribution < -0.4 is 0 Å². The van der Waals surface area contributed by atoms with Crippen LogP contribution in [0.5, 0.6) is 0 Å². The molecule has 0 aromatic heterocycles. The van der Waals surface area contributed by atoms with E-state index in [0.29, 0.717) is 0 Å². The van der Waals surface area contributed by atoms with Crippen LogP contribution in [0.2, 0.25) is 0 Å². The maximum Gasteiger partial charge on any atom is 0.307 e. The Kier molecular flexibility index (Phi) is 5.56. The van der Waals surface area contributed by atoms with Crippen molar-refractivity contribution in [3.63, 3.8) is 0 Å². The Hall–Kier alpha value is -1.39. The molecule has 0 aliphatic heterocycles. The molecule has 0 bridgehead atoms. The Morgan fingerprint density at radius 3 is 2.35 bits per heavy atom. The zero-order valence-corrected chi connectivity index (χ0v) is 12.8. The van der Waals surface area contributed by atoms with Gasteiger partial charge in [-0.2, -0.15) is 0 Å². The number of carboxylic acids is 1. The fourth-order valence-electron chi connectivity index (χ4n) is 1.81. The lowest BCUT2D eigenvalue weighted by atomic mass is 10.1. The summed E-state index contributed by atoms with van der Waals surface area (Å²) in [4.78, 5) is 14.3. The molecule has 0 aliphatic rings. The lowest BCUT2D eigenvalue weighted by Crippen LogP contribution is -2.01. The summed E-state index contributed by atoms with van der Waals surface area (Å²) >= 11 is 3.43. The molecule has 0 saturated heterocycles. The minimum absolute atomic E-state index is 0.0624. The summed E-state index contributed by atoms with van der Waals surface area (Å²) in [6.07, 6.45) is 0.0624. The molecule has 2 nitrogen and oxygen atoms in total. The maximum atomic E-state index is 10.9. The van der Waals surface area contributed by atoms with Crippen molar-refractivity contribution in [2.45, 2.75) is 28.0 Å². The minimum Gasteiger partial charge on any atom is -0.481 e. The smallest absolute Gasteiger partial charge is 0.307 e. The predicted octanol–water partition coefficient (Wildman–Crippen LogP) is 4.58. The summed E-state index contributed by atoms with van der Waals surface area (Å²) in [5.41, 5.74) is 0.858. The molecule has 4 heteroatoms. The fraction of sp³-hybridized carbons (Fsp3) is 0.188. The highest BCUT2D eigenvalue weighted by atomic mass is 32.2. The topological polar surface area (TPSA) is 37.3 Å². The molecular weight excluding hydrogens is 288 g/mol. The maximum absolute atomic E-state index is 10.9. The molecule has 0 radical (unpaired) electrons. The monoisotopic (exact) mass is 304 g/mol. The van der Waals surface area contributed by atoms with Crippen molar-refractivity contribution < 1.29 is 9.90 Å². The Morgan fingerprint density at radius 2 is 1.70 bits per heavy atom. The molecule has 2 aromatic rings. The van der Waals surface area contributed by atoms with Crippen LogP contribution in [0.1, 0.15) is 12.5 Å². The van der Waals surface area contributed by atoms with Gasteiger partial charge in [-0.25, -0.2) is 0 Å². The molecule has 104 valence electrons. The average molecular weight is 304 g/mol. The van der Waals surface area contributed by atoms with Gasteiger partial charge < -0.3 is 5.11 Å². The third-order valence-electron chi connectivity index (χ3n) is 2.68. The van der Waals surface area contributed by atoms with Crippen LogP contribution in [0.15, 0.2) is 63.2 Å². The Bertz CT molecular complexity index is 579. The first-order valence-corrected chi connectivity index (χ1v) is 8.19. The Morgan fingerprint density at radius 1 is 1.05 bits per heavy atom. The van der Waals surface area contributed by atoms with E-state index in [1.807, 2.05) is 36.0 Å². The van der Waals surface area contributed by atoms with Gasteiger partial charge in [-0.1, -0.05) is 36.9 Å². The number of rotatable bonds is 6. The number of thioether (sulfide) groups is 1. The summed E-state index contributed by atoms with van der Waals surface area (Å²) in [5.74, 6) is 0.265. The third-order valence-corrected chi connectivity index (χ3v) is 4.70. The molecule has 0 aliphatic carbocycles. The predicted molar refractivity (Wildman–Crippen MR) is 84.7 cm³/mol. The second kappa shape index (κ2) is 7.41. The fourth-order valence-corrected chi connectivity index (χ4v) is 3.42. The van der Waals surface area contributed by atoms with E-state index in [1.165, 1.54) is 4.90 Å². The largest absolute Gasteiger partial charge is 0.481 e. The van der Waals surface area contributed by atoms with E-state index in [9.17, 15) is 4.79 Å².